The smallest absolute Gasteiger partial charge is 0.255 e. The third-order valence-electron chi connectivity index (χ3n) is 5.29. The van der Waals surface area contributed by atoms with Crippen LogP contribution in [0, 0.1) is 0 Å². The topological polar surface area (TPSA) is 105 Å². The number of carbonyl (C=O) groups excluding carboxylic acids is 2. The van der Waals surface area contributed by atoms with Crippen LogP contribution in [-0.2, 0) is 26.0 Å². The van der Waals surface area contributed by atoms with E-state index in [0.717, 1.165) is 5.56 Å². The van der Waals surface area contributed by atoms with Crippen LogP contribution in [-0.4, -0.2) is 50.8 Å². The van der Waals surface area contributed by atoms with E-state index >= 15 is 0 Å². The van der Waals surface area contributed by atoms with Gasteiger partial charge in [0.1, 0.15) is 0 Å². The van der Waals surface area contributed by atoms with E-state index in [1.165, 1.54) is 22.5 Å². The number of carbonyl (C=O) groups is 2. The standard InChI is InChI=1S/C21H22ClN3O5S/c22-17-6-5-16(31(28,29)25-8-10-30-11-9-25)13-19(17)24-21(27)15-4-7-18-14(12-15)2-1-3-20(26)23-18/h4-7,12-13H,1-3,8-11H2,(H,23,26)(H,24,27). The average Bonchev–Trinajstić information content (AvgIpc) is 2.95. The van der Waals surface area contributed by atoms with Crippen LogP contribution in [0.2, 0.25) is 5.02 Å². The zero-order chi connectivity index (χ0) is 22.0. The van der Waals surface area contributed by atoms with Gasteiger partial charge in [-0.2, -0.15) is 4.31 Å². The highest BCUT2D eigenvalue weighted by molar-refractivity contribution is 7.89. The Morgan fingerprint density at radius 2 is 1.87 bits per heavy atom. The fraction of sp³-hybridized carbons (Fsp3) is 0.333. The minimum Gasteiger partial charge on any atom is -0.379 e. The molecule has 2 aliphatic rings. The van der Waals surface area contributed by atoms with Crippen LogP contribution in [0.1, 0.15) is 28.8 Å². The monoisotopic (exact) mass is 463 g/mol. The van der Waals surface area contributed by atoms with E-state index in [0.29, 0.717) is 43.7 Å². The molecule has 2 aliphatic heterocycles. The van der Waals surface area contributed by atoms with Crippen molar-refractivity contribution in [2.45, 2.75) is 24.2 Å². The second kappa shape index (κ2) is 8.96. The van der Waals surface area contributed by atoms with Crippen molar-refractivity contribution in [3.05, 3.63) is 52.5 Å². The molecule has 10 heteroatoms. The van der Waals surface area contributed by atoms with Crippen LogP contribution in [0.15, 0.2) is 41.3 Å². The number of morpholine rings is 1. The van der Waals surface area contributed by atoms with Crippen molar-refractivity contribution in [2.75, 3.05) is 36.9 Å². The summed E-state index contributed by atoms with van der Waals surface area (Å²) in [5.41, 5.74) is 2.19. The minimum atomic E-state index is -3.72. The molecule has 2 aromatic rings. The summed E-state index contributed by atoms with van der Waals surface area (Å²) < 4.78 is 32.4. The first-order valence-electron chi connectivity index (χ1n) is 9.96. The molecule has 0 spiro atoms. The van der Waals surface area contributed by atoms with Crippen molar-refractivity contribution in [1.29, 1.82) is 0 Å². The van der Waals surface area contributed by atoms with Gasteiger partial charge in [0.15, 0.2) is 0 Å². The quantitative estimate of drug-likeness (QED) is 0.725. The molecule has 1 fully saturated rings. The third kappa shape index (κ3) is 4.74. The lowest BCUT2D eigenvalue weighted by Crippen LogP contribution is -2.40. The summed E-state index contributed by atoms with van der Waals surface area (Å²) in [5, 5.41) is 5.77. The fourth-order valence-corrected chi connectivity index (χ4v) is 5.21. The Bertz CT molecular complexity index is 1130. The fourth-order valence-electron chi connectivity index (χ4n) is 3.61. The SMILES string of the molecule is O=C1CCCc2cc(C(=O)Nc3cc(S(=O)(=O)N4CCOCC4)ccc3Cl)ccc2N1. The molecule has 31 heavy (non-hydrogen) atoms. The number of ether oxygens (including phenoxy) is 1. The van der Waals surface area contributed by atoms with E-state index in [9.17, 15) is 18.0 Å². The van der Waals surface area contributed by atoms with Crippen LogP contribution in [0.3, 0.4) is 0 Å². The number of amides is 2. The molecule has 0 unspecified atom stereocenters. The normalized spacial score (nSPS) is 17.4. The number of aryl methyl sites for hydroxylation is 1. The van der Waals surface area contributed by atoms with Gasteiger partial charge in [0.2, 0.25) is 15.9 Å². The van der Waals surface area contributed by atoms with Gasteiger partial charge in [-0.25, -0.2) is 8.42 Å². The molecular formula is C21H22ClN3O5S. The van der Waals surface area contributed by atoms with Gasteiger partial charge in [-0.3, -0.25) is 9.59 Å². The molecule has 164 valence electrons. The van der Waals surface area contributed by atoms with E-state index in [2.05, 4.69) is 10.6 Å². The summed E-state index contributed by atoms with van der Waals surface area (Å²) in [6, 6.07) is 9.30. The van der Waals surface area contributed by atoms with Gasteiger partial charge < -0.3 is 15.4 Å². The highest BCUT2D eigenvalue weighted by Crippen LogP contribution is 2.29. The number of hydrogen-bond donors (Lipinski definition) is 2. The molecule has 0 atom stereocenters. The van der Waals surface area contributed by atoms with Crippen LogP contribution >= 0.6 is 11.6 Å². The number of halogens is 1. The van der Waals surface area contributed by atoms with Crippen LogP contribution in [0.4, 0.5) is 11.4 Å². The molecule has 2 N–H and O–H groups in total. The number of benzene rings is 2. The van der Waals surface area contributed by atoms with Gasteiger partial charge in [-0.05, 0) is 54.8 Å². The lowest BCUT2D eigenvalue weighted by atomic mass is 10.0. The summed E-state index contributed by atoms with van der Waals surface area (Å²) in [4.78, 5) is 24.6. The second-order valence-corrected chi connectivity index (χ2v) is 9.73. The largest absolute Gasteiger partial charge is 0.379 e. The number of nitrogens with one attached hydrogen (secondary N) is 2. The van der Waals surface area contributed by atoms with Gasteiger partial charge in [0, 0.05) is 30.8 Å². The number of fused-ring (bicyclic) bond motifs is 1. The molecular weight excluding hydrogens is 442 g/mol. The molecule has 2 heterocycles. The Kier molecular flexibility index (Phi) is 6.29. The lowest BCUT2D eigenvalue weighted by molar-refractivity contribution is -0.116. The molecule has 0 aromatic heterocycles. The summed E-state index contributed by atoms with van der Waals surface area (Å²) in [7, 11) is -3.72. The third-order valence-corrected chi connectivity index (χ3v) is 7.51. The van der Waals surface area contributed by atoms with E-state index in [1.54, 1.807) is 18.2 Å². The highest BCUT2D eigenvalue weighted by Gasteiger charge is 2.27. The molecule has 0 bridgehead atoms. The summed E-state index contributed by atoms with van der Waals surface area (Å²) in [6.07, 6.45) is 1.83. The molecule has 0 radical (unpaired) electrons. The number of rotatable bonds is 4. The molecule has 0 saturated carbocycles. The minimum absolute atomic E-state index is 0.0407. The predicted molar refractivity (Wildman–Crippen MR) is 117 cm³/mol. The van der Waals surface area contributed by atoms with Crippen LogP contribution < -0.4 is 10.6 Å². The van der Waals surface area contributed by atoms with E-state index in [4.69, 9.17) is 16.3 Å². The predicted octanol–water partition coefficient (Wildman–Crippen LogP) is 2.89. The first kappa shape index (κ1) is 21.8. The van der Waals surface area contributed by atoms with Crippen molar-refractivity contribution >= 4 is 44.8 Å². The maximum atomic E-state index is 12.9. The van der Waals surface area contributed by atoms with Crippen molar-refractivity contribution in [2.24, 2.45) is 0 Å². The molecule has 2 amide bonds. The van der Waals surface area contributed by atoms with E-state index in [-0.39, 0.29) is 34.6 Å². The maximum absolute atomic E-state index is 12.9. The van der Waals surface area contributed by atoms with Crippen molar-refractivity contribution in [3.63, 3.8) is 0 Å². The number of nitrogens with zero attached hydrogens (tertiary/aromatic N) is 1. The van der Waals surface area contributed by atoms with Gasteiger partial charge in [-0.1, -0.05) is 11.6 Å². The van der Waals surface area contributed by atoms with Gasteiger partial charge >= 0.3 is 0 Å². The molecule has 0 aliphatic carbocycles. The molecule has 4 rings (SSSR count). The van der Waals surface area contributed by atoms with Gasteiger partial charge in [0.05, 0.1) is 28.8 Å². The molecule has 8 nitrogen and oxygen atoms in total. The first-order chi connectivity index (χ1) is 14.8. The molecule has 1 saturated heterocycles. The van der Waals surface area contributed by atoms with E-state index in [1.807, 2.05) is 0 Å². The average molecular weight is 464 g/mol. The number of anilines is 2. The Morgan fingerprint density at radius 3 is 2.65 bits per heavy atom. The van der Waals surface area contributed by atoms with Crippen molar-refractivity contribution in [1.82, 2.24) is 4.31 Å². The lowest BCUT2D eigenvalue weighted by Gasteiger charge is -2.26. The Hall–Kier alpha value is -2.46. The Balaban J connectivity index is 1.57. The molecule has 2 aromatic carbocycles. The summed E-state index contributed by atoms with van der Waals surface area (Å²) >= 11 is 6.23. The van der Waals surface area contributed by atoms with E-state index < -0.39 is 15.9 Å². The Labute approximate surface area is 185 Å². The Morgan fingerprint density at radius 1 is 1.10 bits per heavy atom. The van der Waals surface area contributed by atoms with Crippen molar-refractivity contribution in [3.8, 4) is 0 Å². The maximum Gasteiger partial charge on any atom is 0.255 e. The first-order valence-corrected chi connectivity index (χ1v) is 11.8. The van der Waals surface area contributed by atoms with Crippen LogP contribution in [0.25, 0.3) is 0 Å². The van der Waals surface area contributed by atoms with Gasteiger partial charge in [0.25, 0.3) is 5.91 Å². The van der Waals surface area contributed by atoms with Gasteiger partial charge in [-0.15, -0.1) is 0 Å². The van der Waals surface area contributed by atoms with Crippen LogP contribution in [0.5, 0.6) is 0 Å². The number of hydrogen-bond acceptors (Lipinski definition) is 5. The van der Waals surface area contributed by atoms with Crippen molar-refractivity contribution < 1.29 is 22.7 Å². The zero-order valence-electron chi connectivity index (χ0n) is 16.7. The highest BCUT2D eigenvalue weighted by atomic mass is 35.5. The number of sulfonamides is 1. The summed E-state index contributed by atoms with van der Waals surface area (Å²) in [5.74, 6) is -0.456. The summed E-state index contributed by atoms with van der Waals surface area (Å²) in [6.45, 7) is 1.24. The zero-order valence-corrected chi connectivity index (χ0v) is 18.3. The second-order valence-electron chi connectivity index (χ2n) is 7.39.